The van der Waals surface area contributed by atoms with E-state index in [2.05, 4.69) is 20.9 Å². The number of oxime groups is 1. The molecule has 0 radical (unpaired) electrons. The third-order valence-corrected chi connectivity index (χ3v) is 5.23. The second-order valence-electron chi connectivity index (χ2n) is 7.78. The third kappa shape index (κ3) is 5.64. The first-order valence-corrected chi connectivity index (χ1v) is 10.1. The van der Waals surface area contributed by atoms with Crippen LogP contribution in [0.5, 0.6) is 0 Å². The Morgan fingerprint density at radius 1 is 1.15 bits per heavy atom. The van der Waals surface area contributed by atoms with Crippen LogP contribution in [0.4, 0.5) is 23.7 Å². The van der Waals surface area contributed by atoms with E-state index in [4.69, 9.17) is 16.8 Å². The van der Waals surface area contributed by atoms with Crippen molar-refractivity contribution in [2.24, 2.45) is 5.16 Å². The highest BCUT2D eigenvalue weighted by Gasteiger charge is 2.33. The van der Waals surface area contributed by atoms with Crippen LogP contribution in [0.2, 0.25) is 5.02 Å². The molecule has 0 spiro atoms. The summed E-state index contributed by atoms with van der Waals surface area (Å²) < 4.78 is 39.6. The summed E-state index contributed by atoms with van der Waals surface area (Å²) in [6, 6.07) is 11.9. The summed E-state index contributed by atoms with van der Waals surface area (Å²) in [7, 11) is 0. The Hall–Kier alpha value is -3.53. The lowest BCUT2D eigenvalue weighted by Gasteiger charge is -2.27. The fourth-order valence-electron chi connectivity index (χ4n) is 3.08. The lowest BCUT2D eigenvalue weighted by Crippen LogP contribution is -2.43. The monoisotopic (exact) mass is 479 g/mol. The predicted molar refractivity (Wildman–Crippen MR) is 119 cm³/mol. The van der Waals surface area contributed by atoms with Gasteiger partial charge in [-0.15, -0.1) is 0 Å². The molecule has 33 heavy (non-hydrogen) atoms. The number of rotatable bonds is 5. The minimum Gasteiger partial charge on any atom is -0.411 e. The van der Waals surface area contributed by atoms with Crippen LogP contribution < -0.4 is 10.6 Å². The molecule has 0 saturated carbocycles. The summed E-state index contributed by atoms with van der Waals surface area (Å²) in [6.45, 7) is 5.25. The molecular formula is C22H21ClF3N5O2. The van der Waals surface area contributed by atoms with Gasteiger partial charge in [-0.3, -0.25) is 0 Å². The van der Waals surface area contributed by atoms with Gasteiger partial charge >= 0.3 is 12.2 Å². The standard InChI is InChI=1S/C22H21ClF3N5O2/c1-13(30-33)14-5-4-6-15(11-14)21(2,3)28-20(32)27-16-7-8-17(23)18(12-16)31-10-9-19(29-31)22(24,25)26/h4-12,33H,1-3H3,(H2,27,28,32)/b30-13+. The molecule has 3 N–H and O–H groups in total. The topological polar surface area (TPSA) is 91.5 Å². The number of nitrogens with zero attached hydrogens (tertiary/aromatic N) is 3. The van der Waals surface area contributed by atoms with Crippen LogP contribution in [0.25, 0.3) is 5.69 Å². The highest BCUT2D eigenvalue weighted by atomic mass is 35.5. The van der Waals surface area contributed by atoms with E-state index in [0.29, 0.717) is 17.0 Å². The molecule has 0 unspecified atom stereocenters. The number of aromatic nitrogens is 2. The number of carbonyl (C=O) groups is 1. The SMILES string of the molecule is C/C(=N\O)c1cccc(C(C)(C)NC(=O)Nc2ccc(Cl)c(-n3ccc(C(F)(F)F)n3)c2)c1. The number of urea groups is 1. The number of hydrogen-bond acceptors (Lipinski definition) is 4. The number of amides is 2. The number of benzene rings is 2. The van der Waals surface area contributed by atoms with Crippen molar-refractivity contribution in [3.05, 3.63) is 76.6 Å². The second-order valence-corrected chi connectivity index (χ2v) is 8.19. The second kappa shape index (κ2) is 9.14. The van der Waals surface area contributed by atoms with E-state index in [1.165, 1.54) is 18.2 Å². The third-order valence-electron chi connectivity index (χ3n) is 4.91. The molecule has 7 nitrogen and oxygen atoms in total. The smallest absolute Gasteiger partial charge is 0.411 e. The Morgan fingerprint density at radius 2 is 1.88 bits per heavy atom. The Kier molecular flexibility index (Phi) is 6.68. The van der Waals surface area contributed by atoms with Crippen molar-refractivity contribution in [2.45, 2.75) is 32.5 Å². The van der Waals surface area contributed by atoms with Gasteiger partial charge in [-0.2, -0.15) is 18.3 Å². The van der Waals surface area contributed by atoms with Gasteiger partial charge in [-0.1, -0.05) is 35.0 Å². The number of halogens is 4. The van der Waals surface area contributed by atoms with Crippen LogP contribution in [0.15, 0.2) is 59.9 Å². The first kappa shape index (κ1) is 24.1. The molecule has 0 saturated heterocycles. The van der Waals surface area contributed by atoms with Crippen LogP contribution in [0.3, 0.4) is 0 Å². The summed E-state index contributed by atoms with van der Waals surface area (Å²) in [6.07, 6.45) is -3.44. The van der Waals surface area contributed by atoms with Gasteiger partial charge in [0, 0.05) is 11.9 Å². The minimum atomic E-state index is -4.59. The molecule has 0 aliphatic heterocycles. The number of alkyl halides is 3. The number of hydrogen-bond donors (Lipinski definition) is 3. The Bertz CT molecular complexity index is 1200. The summed E-state index contributed by atoms with van der Waals surface area (Å²) in [5.74, 6) is 0. The Balaban J connectivity index is 1.78. The number of anilines is 1. The first-order valence-electron chi connectivity index (χ1n) is 9.72. The Labute approximate surface area is 192 Å². The van der Waals surface area contributed by atoms with Crippen molar-refractivity contribution in [2.75, 3.05) is 5.32 Å². The molecule has 3 aromatic rings. The summed E-state index contributed by atoms with van der Waals surface area (Å²) in [5.41, 5.74) is 0.531. The van der Waals surface area contributed by atoms with Crippen molar-refractivity contribution in [3.63, 3.8) is 0 Å². The zero-order valence-corrected chi connectivity index (χ0v) is 18.7. The summed E-state index contributed by atoms with van der Waals surface area (Å²) in [4.78, 5) is 12.7. The van der Waals surface area contributed by atoms with Gasteiger partial charge in [0.05, 0.1) is 22.0 Å². The first-order chi connectivity index (χ1) is 15.4. The molecule has 174 valence electrons. The molecule has 1 aromatic heterocycles. The summed E-state index contributed by atoms with van der Waals surface area (Å²) >= 11 is 6.13. The van der Waals surface area contributed by atoms with Gasteiger partial charge in [-0.05, 0) is 62.2 Å². The molecule has 0 fully saturated rings. The lowest BCUT2D eigenvalue weighted by atomic mass is 9.92. The fourth-order valence-corrected chi connectivity index (χ4v) is 3.29. The van der Waals surface area contributed by atoms with Crippen molar-refractivity contribution >= 4 is 29.0 Å². The fraction of sp³-hybridized carbons (Fsp3) is 0.227. The lowest BCUT2D eigenvalue weighted by molar-refractivity contribution is -0.141. The zero-order valence-electron chi connectivity index (χ0n) is 17.9. The largest absolute Gasteiger partial charge is 0.435 e. The van der Waals surface area contributed by atoms with Crippen molar-refractivity contribution < 1.29 is 23.2 Å². The van der Waals surface area contributed by atoms with Gasteiger partial charge in [0.25, 0.3) is 0 Å². The number of carbonyl (C=O) groups excluding carboxylic acids is 1. The van der Waals surface area contributed by atoms with E-state index < -0.39 is 23.4 Å². The van der Waals surface area contributed by atoms with Gasteiger partial charge in [-0.25, -0.2) is 9.48 Å². The quantitative estimate of drug-likeness (QED) is 0.245. The minimum absolute atomic E-state index is 0.163. The van der Waals surface area contributed by atoms with Gasteiger partial charge in [0.15, 0.2) is 5.69 Å². The van der Waals surface area contributed by atoms with Crippen molar-refractivity contribution in [3.8, 4) is 5.69 Å². The van der Waals surface area contributed by atoms with E-state index in [1.807, 2.05) is 6.07 Å². The molecule has 11 heteroatoms. The molecular weight excluding hydrogens is 459 g/mol. The van der Waals surface area contributed by atoms with Crippen LogP contribution in [-0.4, -0.2) is 26.7 Å². The van der Waals surface area contributed by atoms with E-state index >= 15 is 0 Å². The van der Waals surface area contributed by atoms with E-state index in [-0.39, 0.29) is 10.7 Å². The highest BCUT2D eigenvalue weighted by molar-refractivity contribution is 6.32. The van der Waals surface area contributed by atoms with Crippen LogP contribution in [0, 0.1) is 0 Å². The number of nitrogens with one attached hydrogen (secondary N) is 2. The van der Waals surface area contributed by atoms with Crippen molar-refractivity contribution in [1.29, 1.82) is 0 Å². The van der Waals surface area contributed by atoms with Crippen molar-refractivity contribution in [1.82, 2.24) is 15.1 Å². The molecule has 0 aliphatic rings. The Morgan fingerprint density at radius 3 is 2.52 bits per heavy atom. The molecule has 2 aromatic carbocycles. The zero-order chi connectivity index (χ0) is 24.4. The molecule has 3 rings (SSSR count). The molecule has 2 amide bonds. The predicted octanol–water partition coefficient (Wildman–Crippen LogP) is 5.80. The molecule has 1 heterocycles. The molecule has 0 aliphatic carbocycles. The molecule has 0 atom stereocenters. The van der Waals surface area contributed by atoms with E-state index in [0.717, 1.165) is 22.5 Å². The molecule has 0 bridgehead atoms. The van der Waals surface area contributed by atoms with Gasteiger partial charge in [0.2, 0.25) is 0 Å². The summed E-state index contributed by atoms with van der Waals surface area (Å²) in [5, 5.41) is 21.4. The van der Waals surface area contributed by atoms with Gasteiger partial charge < -0.3 is 15.8 Å². The normalized spacial score (nSPS) is 12.5. The van der Waals surface area contributed by atoms with Crippen LogP contribution >= 0.6 is 11.6 Å². The van der Waals surface area contributed by atoms with Crippen LogP contribution in [-0.2, 0) is 11.7 Å². The van der Waals surface area contributed by atoms with Crippen LogP contribution in [0.1, 0.15) is 37.6 Å². The van der Waals surface area contributed by atoms with E-state index in [9.17, 15) is 18.0 Å². The maximum Gasteiger partial charge on any atom is 0.435 e. The highest BCUT2D eigenvalue weighted by Crippen LogP contribution is 2.30. The van der Waals surface area contributed by atoms with Gasteiger partial charge in [0.1, 0.15) is 0 Å². The van der Waals surface area contributed by atoms with E-state index in [1.54, 1.807) is 39.0 Å². The maximum atomic E-state index is 12.9. The average Bonchev–Trinajstić information content (AvgIpc) is 3.25. The maximum absolute atomic E-state index is 12.9. The average molecular weight is 480 g/mol.